The van der Waals surface area contributed by atoms with Gasteiger partial charge in [-0.05, 0) is 55.0 Å². The molecule has 35 heavy (non-hydrogen) atoms. The summed E-state index contributed by atoms with van der Waals surface area (Å²) in [4.78, 5) is 13.2. The van der Waals surface area contributed by atoms with Crippen LogP contribution in [0.3, 0.4) is 0 Å². The van der Waals surface area contributed by atoms with Crippen LogP contribution in [0.25, 0.3) is 44.5 Å². The number of rotatable bonds is 8. The Hall–Kier alpha value is -4.23. The van der Waals surface area contributed by atoms with E-state index in [9.17, 15) is 0 Å². The fraction of sp³-hybridized carbons (Fsp3) is 0.179. The van der Waals surface area contributed by atoms with Gasteiger partial charge in [0.2, 0.25) is 0 Å². The van der Waals surface area contributed by atoms with E-state index in [0.29, 0.717) is 0 Å². The van der Waals surface area contributed by atoms with Gasteiger partial charge in [0.15, 0.2) is 0 Å². The molecular formula is C28H29N7. The van der Waals surface area contributed by atoms with Crippen molar-refractivity contribution in [2.24, 2.45) is 0 Å². The summed E-state index contributed by atoms with van der Waals surface area (Å²) in [5.74, 6) is 0. The zero-order valence-corrected chi connectivity index (χ0v) is 20.0. The van der Waals surface area contributed by atoms with Crippen LogP contribution in [-0.2, 0) is 0 Å². The molecule has 176 valence electrons. The highest BCUT2D eigenvalue weighted by molar-refractivity contribution is 5.98. The SMILES string of the molecule is C=C/C(=C\C(=C/C)c1ccc2[nH]nc(-c3cc4c(C5=CNCC=C5)nccc4[nH]3)c2n1)CNCC. The van der Waals surface area contributed by atoms with Crippen molar-refractivity contribution in [1.82, 2.24) is 35.8 Å². The predicted molar refractivity (Wildman–Crippen MR) is 145 cm³/mol. The lowest BCUT2D eigenvalue weighted by molar-refractivity contribution is 0.785. The summed E-state index contributed by atoms with van der Waals surface area (Å²) in [6.45, 7) is 10.6. The second-order valence-corrected chi connectivity index (χ2v) is 8.33. The van der Waals surface area contributed by atoms with Gasteiger partial charge in [-0.1, -0.05) is 37.8 Å². The third-order valence-corrected chi connectivity index (χ3v) is 6.06. The number of hydrogen-bond acceptors (Lipinski definition) is 5. The molecule has 4 N–H and O–H groups in total. The molecule has 5 rings (SSSR count). The number of pyridine rings is 2. The van der Waals surface area contributed by atoms with Crippen LogP contribution < -0.4 is 10.6 Å². The van der Waals surface area contributed by atoms with E-state index >= 15 is 0 Å². The van der Waals surface area contributed by atoms with E-state index in [1.54, 1.807) is 0 Å². The van der Waals surface area contributed by atoms with Crippen LogP contribution in [0.1, 0.15) is 25.2 Å². The second-order valence-electron chi connectivity index (χ2n) is 8.33. The molecule has 0 aliphatic carbocycles. The Labute approximate surface area is 204 Å². The smallest absolute Gasteiger partial charge is 0.135 e. The minimum absolute atomic E-state index is 0.767. The van der Waals surface area contributed by atoms with Gasteiger partial charge in [-0.2, -0.15) is 5.10 Å². The van der Waals surface area contributed by atoms with Crippen molar-refractivity contribution in [2.45, 2.75) is 13.8 Å². The maximum atomic E-state index is 5.00. The van der Waals surface area contributed by atoms with Crippen molar-refractivity contribution in [3.8, 4) is 11.4 Å². The van der Waals surface area contributed by atoms with Crippen LogP contribution in [0.5, 0.6) is 0 Å². The monoisotopic (exact) mass is 463 g/mol. The number of nitrogens with zero attached hydrogens (tertiary/aromatic N) is 3. The average molecular weight is 464 g/mol. The number of dihydropyridines is 1. The van der Waals surface area contributed by atoms with E-state index < -0.39 is 0 Å². The van der Waals surface area contributed by atoms with Crippen molar-refractivity contribution in [3.63, 3.8) is 0 Å². The van der Waals surface area contributed by atoms with Crippen LogP contribution >= 0.6 is 0 Å². The molecule has 0 saturated heterocycles. The standard InChI is InChI=1S/C28H29N7/c1-4-18(16-29-6-3)14-19(5-2)22-9-10-24-27(33-22)28(35-34-24)25-15-21-23(32-25)11-13-31-26(21)20-8-7-12-30-17-20/h4-5,7-11,13-15,17,29-30,32H,1,6,12,16H2,2-3H3,(H,34,35)/b18-14+,19-5+. The quantitative estimate of drug-likeness (QED) is 0.272. The van der Waals surface area contributed by atoms with E-state index in [1.807, 2.05) is 43.6 Å². The first kappa shape index (κ1) is 22.6. The van der Waals surface area contributed by atoms with Crippen LogP contribution in [0.2, 0.25) is 0 Å². The number of aromatic amines is 2. The highest BCUT2D eigenvalue weighted by Gasteiger charge is 2.16. The van der Waals surface area contributed by atoms with Crippen molar-refractivity contribution < 1.29 is 0 Å². The van der Waals surface area contributed by atoms with Crippen molar-refractivity contribution >= 4 is 33.1 Å². The number of hydrogen-bond donors (Lipinski definition) is 4. The topological polar surface area (TPSA) is 94.3 Å². The number of aromatic nitrogens is 5. The van der Waals surface area contributed by atoms with Gasteiger partial charge in [-0.15, -0.1) is 0 Å². The first-order chi connectivity index (χ1) is 17.2. The van der Waals surface area contributed by atoms with Gasteiger partial charge in [-0.3, -0.25) is 10.1 Å². The third-order valence-electron chi connectivity index (χ3n) is 6.06. The number of likely N-dealkylation sites (N-methyl/N-ethyl adjacent to an activating group) is 1. The van der Waals surface area contributed by atoms with E-state index in [4.69, 9.17) is 4.98 Å². The molecule has 0 saturated carbocycles. The lowest BCUT2D eigenvalue weighted by Crippen LogP contribution is -2.15. The maximum Gasteiger partial charge on any atom is 0.135 e. The highest BCUT2D eigenvalue weighted by Crippen LogP contribution is 2.32. The number of nitrogens with one attached hydrogen (secondary N) is 4. The molecular weight excluding hydrogens is 434 g/mol. The second kappa shape index (κ2) is 9.95. The molecule has 0 fully saturated rings. The van der Waals surface area contributed by atoms with Gasteiger partial charge in [0, 0.05) is 42.0 Å². The van der Waals surface area contributed by atoms with Crippen LogP contribution in [0, 0.1) is 0 Å². The van der Waals surface area contributed by atoms with E-state index in [1.165, 1.54) is 0 Å². The van der Waals surface area contributed by atoms with Gasteiger partial charge >= 0.3 is 0 Å². The van der Waals surface area contributed by atoms with Crippen molar-refractivity contribution in [1.29, 1.82) is 0 Å². The molecule has 4 aromatic rings. The maximum absolute atomic E-state index is 5.00. The van der Waals surface area contributed by atoms with Gasteiger partial charge < -0.3 is 15.6 Å². The Balaban J connectivity index is 1.56. The zero-order valence-electron chi connectivity index (χ0n) is 20.0. The summed E-state index contributed by atoms with van der Waals surface area (Å²) in [6.07, 6.45) is 14.1. The van der Waals surface area contributed by atoms with Crippen LogP contribution in [0.15, 0.2) is 79.2 Å². The number of allylic oxidation sites excluding steroid dienone is 5. The first-order valence-corrected chi connectivity index (χ1v) is 11.9. The molecule has 0 amide bonds. The van der Waals surface area contributed by atoms with Gasteiger partial charge in [-0.25, -0.2) is 4.98 Å². The third kappa shape index (κ3) is 4.46. The largest absolute Gasteiger partial charge is 0.387 e. The minimum atomic E-state index is 0.767. The first-order valence-electron chi connectivity index (χ1n) is 11.9. The normalized spacial score (nSPS) is 14.4. The van der Waals surface area contributed by atoms with E-state index in [2.05, 4.69) is 74.7 Å². The van der Waals surface area contributed by atoms with Crippen molar-refractivity contribution in [2.75, 3.05) is 19.6 Å². The number of H-pyrrole nitrogens is 2. The predicted octanol–water partition coefficient (Wildman–Crippen LogP) is 5.13. The average Bonchev–Trinajstić information content (AvgIpc) is 3.53. The number of fused-ring (bicyclic) bond motifs is 2. The molecule has 1 aliphatic heterocycles. The van der Waals surface area contributed by atoms with Gasteiger partial charge in [0.25, 0.3) is 0 Å². The van der Waals surface area contributed by atoms with Gasteiger partial charge in [0.05, 0.1) is 22.6 Å². The Morgan fingerprint density at radius 2 is 2.11 bits per heavy atom. The molecule has 4 aromatic heterocycles. The zero-order chi connectivity index (χ0) is 24.2. The summed E-state index contributed by atoms with van der Waals surface area (Å²) < 4.78 is 0. The summed E-state index contributed by atoms with van der Waals surface area (Å²) in [5, 5.41) is 15.4. The molecule has 0 bridgehead atoms. The molecule has 0 aromatic carbocycles. The minimum Gasteiger partial charge on any atom is -0.387 e. The molecule has 7 nitrogen and oxygen atoms in total. The van der Waals surface area contributed by atoms with E-state index in [-0.39, 0.29) is 0 Å². The summed E-state index contributed by atoms with van der Waals surface area (Å²) in [5.41, 5.74) is 9.43. The van der Waals surface area contributed by atoms with Crippen LogP contribution in [-0.4, -0.2) is 44.8 Å². The molecule has 0 radical (unpaired) electrons. The van der Waals surface area contributed by atoms with E-state index in [0.717, 1.165) is 81.1 Å². The molecule has 0 spiro atoms. The summed E-state index contributed by atoms with van der Waals surface area (Å²) >= 11 is 0. The summed E-state index contributed by atoms with van der Waals surface area (Å²) in [7, 11) is 0. The van der Waals surface area contributed by atoms with Crippen LogP contribution in [0.4, 0.5) is 0 Å². The molecule has 7 heteroatoms. The fourth-order valence-corrected chi connectivity index (χ4v) is 4.23. The van der Waals surface area contributed by atoms with Gasteiger partial charge in [0.1, 0.15) is 11.2 Å². The summed E-state index contributed by atoms with van der Waals surface area (Å²) in [6, 6.07) is 8.14. The fourth-order valence-electron chi connectivity index (χ4n) is 4.23. The Bertz CT molecular complexity index is 1510. The molecule has 0 atom stereocenters. The van der Waals surface area contributed by atoms with Crippen molar-refractivity contribution in [3.05, 3.63) is 90.6 Å². The Morgan fingerprint density at radius 1 is 1.20 bits per heavy atom. The molecule has 0 unspecified atom stereocenters. The highest BCUT2D eigenvalue weighted by atomic mass is 15.1. The lowest BCUT2D eigenvalue weighted by Gasteiger charge is -2.08. The Kier molecular flexibility index (Phi) is 6.41. The molecule has 5 heterocycles. The molecule has 1 aliphatic rings. The lowest BCUT2D eigenvalue weighted by atomic mass is 10.1. The Morgan fingerprint density at radius 3 is 2.89 bits per heavy atom.